The van der Waals surface area contributed by atoms with E-state index in [0.29, 0.717) is 5.56 Å². The maximum atomic E-state index is 12.5. The van der Waals surface area contributed by atoms with Crippen molar-refractivity contribution < 1.29 is 4.79 Å². The highest BCUT2D eigenvalue weighted by molar-refractivity contribution is 6.13. The van der Waals surface area contributed by atoms with Crippen LogP contribution in [0.3, 0.4) is 0 Å². The Morgan fingerprint density at radius 2 is 1.55 bits per heavy atom. The van der Waals surface area contributed by atoms with Crippen molar-refractivity contribution in [1.82, 2.24) is 0 Å². The lowest BCUT2D eigenvalue weighted by Crippen LogP contribution is -2.13. The fraction of sp³-hybridized carbons (Fsp3) is 0.0556. The number of amides is 1. The number of hydrogen-bond donors (Lipinski definition) is 1. The molecule has 0 saturated carbocycles. The molecule has 98 valence electrons. The minimum atomic E-state index is -0.0731. The second kappa shape index (κ2) is 5.17. The first kappa shape index (κ1) is 12.4. The molecule has 1 N–H and O–H groups in total. The summed E-state index contributed by atoms with van der Waals surface area (Å²) in [6.07, 6.45) is 0. The van der Waals surface area contributed by atoms with Crippen molar-refractivity contribution in [3.05, 3.63) is 77.9 Å². The third kappa shape index (κ3) is 2.28. The molecule has 0 heterocycles. The van der Waals surface area contributed by atoms with E-state index < -0.39 is 0 Å². The first-order valence-electron chi connectivity index (χ1n) is 6.60. The molecular weight excluding hydrogens is 246 g/mol. The van der Waals surface area contributed by atoms with Crippen LogP contribution in [0.15, 0.2) is 66.7 Å². The number of hydrogen-bond acceptors (Lipinski definition) is 1. The summed E-state index contributed by atoms with van der Waals surface area (Å²) in [5.41, 5.74) is 2.61. The van der Waals surface area contributed by atoms with Crippen LogP contribution in [-0.2, 0) is 0 Å². The Morgan fingerprint density at radius 3 is 2.40 bits per heavy atom. The summed E-state index contributed by atoms with van der Waals surface area (Å²) in [6.45, 7) is 1.98. The van der Waals surface area contributed by atoms with Crippen LogP contribution in [0, 0.1) is 6.92 Å². The fourth-order valence-electron chi connectivity index (χ4n) is 2.33. The lowest BCUT2D eigenvalue weighted by molar-refractivity contribution is 0.102. The number of carbonyl (C=O) groups excluding carboxylic acids is 1. The monoisotopic (exact) mass is 261 g/mol. The molecule has 0 saturated heterocycles. The molecule has 0 bridgehead atoms. The van der Waals surface area contributed by atoms with Crippen LogP contribution in [0.4, 0.5) is 5.69 Å². The lowest BCUT2D eigenvalue weighted by atomic mass is 10.0. The van der Waals surface area contributed by atoms with Crippen molar-refractivity contribution in [2.75, 3.05) is 5.32 Å². The number of carbonyl (C=O) groups is 1. The van der Waals surface area contributed by atoms with Gasteiger partial charge in [-0.05, 0) is 35.4 Å². The number of rotatable bonds is 2. The zero-order valence-corrected chi connectivity index (χ0v) is 11.3. The molecule has 20 heavy (non-hydrogen) atoms. The number of nitrogens with one attached hydrogen (secondary N) is 1. The number of anilines is 1. The van der Waals surface area contributed by atoms with Crippen LogP contribution in [-0.4, -0.2) is 5.91 Å². The summed E-state index contributed by atoms with van der Waals surface area (Å²) < 4.78 is 0. The van der Waals surface area contributed by atoms with E-state index in [2.05, 4.69) is 5.32 Å². The molecule has 0 unspecified atom stereocenters. The summed E-state index contributed by atoms with van der Waals surface area (Å²) in [4.78, 5) is 12.5. The van der Waals surface area contributed by atoms with Crippen LogP contribution in [0.25, 0.3) is 10.8 Å². The summed E-state index contributed by atoms with van der Waals surface area (Å²) in [6, 6.07) is 21.5. The molecular formula is C18H15NO. The molecule has 0 aliphatic heterocycles. The van der Waals surface area contributed by atoms with Gasteiger partial charge < -0.3 is 5.32 Å². The topological polar surface area (TPSA) is 29.1 Å². The van der Waals surface area contributed by atoms with Gasteiger partial charge in [-0.2, -0.15) is 0 Å². The SMILES string of the molecule is Cc1ccccc1NC(=O)c1cccc2ccccc12. The molecule has 0 aromatic heterocycles. The molecule has 0 atom stereocenters. The first-order valence-corrected chi connectivity index (χ1v) is 6.60. The number of fused-ring (bicyclic) bond motifs is 1. The van der Waals surface area contributed by atoms with E-state index in [9.17, 15) is 4.79 Å². The minimum absolute atomic E-state index is 0.0731. The summed E-state index contributed by atoms with van der Waals surface area (Å²) in [7, 11) is 0. The first-order chi connectivity index (χ1) is 9.75. The number of para-hydroxylation sites is 1. The van der Waals surface area contributed by atoms with Gasteiger partial charge in [0, 0.05) is 11.3 Å². The molecule has 2 nitrogen and oxygen atoms in total. The van der Waals surface area contributed by atoms with Gasteiger partial charge in [0.05, 0.1) is 0 Å². The van der Waals surface area contributed by atoms with E-state index in [-0.39, 0.29) is 5.91 Å². The molecule has 3 aromatic carbocycles. The van der Waals surface area contributed by atoms with E-state index in [4.69, 9.17) is 0 Å². The number of benzene rings is 3. The van der Waals surface area contributed by atoms with Crippen molar-refractivity contribution in [3.63, 3.8) is 0 Å². The van der Waals surface area contributed by atoms with Gasteiger partial charge in [-0.25, -0.2) is 0 Å². The van der Waals surface area contributed by atoms with Crippen molar-refractivity contribution in [2.24, 2.45) is 0 Å². The van der Waals surface area contributed by atoms with E-state index >= 15 is 0 Å². The Hall–Kier alpha value is -2.61. The highest BCUT2D eigenvalue weighted by atomic mass is 16.1. The van der Waals surface area contributed by atoms with Gasteiger partial charge in [0.1, 0.15) is 0 Å². The fourth-order valence-corrected chi connectivity index (χ4v) is 2.33. The molecule has 0 radical (unpaired) electrons. The average Bonchev–Trinajstić information content (AvgIpc) is 2.49. The third-order valence-electron chi connectivity index (χ3n) is 3.43. The largest absolute Gasteiger partial charge is 0.322 e. The Bertz CT molecular complexity index is 772. The van der Waals surface area contributed by atoms with E-state index in [0.717, 1.165) is 22.0 Å². The average molecular weight is 261 g/mol. The molecule has 0 aliphatic rings. The molecule has 0 fully saturated rings. The molecule has 1 amide bonds. The number of aryl methyl sites for hydroxylation is 1. The maximum absolute atomic E-state index is 12.5. The third-order valence-corrected chi connectivity index (χ3v) is 3.43. The lowest BCUT2D eigenvalue weighted by Gasteiger charge is -2.10. The molecule has 3 aromatic rings. The Morgan fingerprint density at radius 1 is 0.850 bits per heavy atom. The van der Waals surface area contributed by atoms with Crippen molar-refractivity contribution in [2.45, 2.75) is 6.92 Å². The summed E-state index contributed by atoms with van der Waals surface area (Å²) >= 11 is 0. The second-order valence-corrected chi connectivity index (χ2v) is 4.80. The zero-order chi connectivity index (χ0) is 13.9. The Kier molecular flexibility index (Phi) is 3.21. The van der Waals surface area contributed by atoms with Crippen LogP contribution >= 0.6 is 0 Å². The van der Waals surface area contributed by atoms with E-state index in [1.165, 1.54) is 0 Å². The highest BCUT2D eigenvalue weighted by Gasteiger charge is 2.10. The van der Waals surface area contributed by atoms with Crippen molar-refractivity contribution in [1.29, 1.82) is 0 Å². The van der Waals surface area contributed by atoms with Gasteiger partial charge in [0.25, 0.3) is 5.91 Å². The van der Waals surface area contributed by atoms with Crippen LogP contribution < -0.4 is 5.32 Å². The quantitative estimate of drug-likeness (QED) is 0.727. The van der Waals surface area contributed by atoms with Crippen LogP contribution in [0.5, 0.6) is 0 Å². The molecule has 0 aliphatic carbocycles. The van der Waals surface area contributed by atoms with Crippen molar-refractivity contribution in [3.8, 4) is 0 Å². The summed E-state index contributed by atoms with van der Waals surface area (Å²) in [5.74, 6) is -0.0731. The Labute approximate surface area is 118 Å². The molecule has 0 spiro atoms. The van der Waals surface area contributed by atoms with Gasteiger partial charge in [-0.1, -0.05) is 54.6 Å². The van der Waals surface area contributed by atoms with E-state index in [1.807, 2.05) is 73.7 Å². The van der Waals surface area contributed by atoms with Crippen LogP contribution in [0.2, 0.25) is 0 Å². The van der Waals surface area contributed by atoms with Crippen LogP contribution in [0.1, 0.15) is 15.9 Å². The second-order valence-electron chi connectivity index (χ2n) is 4.80. The van der Waals surface area contributed by atoms with Crippen molar-refractivity contribution >= 4 is 22.4 Å². The standard InChI is InChI=1S/C18H15NO/c1-13-7-2-5-12-17(13)19-18(20)16-11-6-9-14-8-3-4-10-15(14)16/h2-12H,1H3,(H,19,20). The molecule has 3 rings (SSSR count). The van der Waals surface area contributed by atoms with Gasteiger partial charge in [-0.3, -0.25) is 4.79 Å². The van der Waals surface area contributed by atoms with Gasteiger partial charge in [0.2, 0.25) is 0 Å². The van der Waals surface area contributed by atoms with Gasteiger partial charge in [-0.15, -0.1) is 0 Å². The van der Waals surface area contributed by atoms with Gasteiger partial charge in [0.15, 0.2) is 0 Å². The molecule has 2 heteroatoms. The Balaban J connectivity index is 1.99. The predicted molar refractivity (Wildman–Crippen MR) is 83.1 cm³/mol. The summed E-state index contributed by atoms with van der Waals surface area (Å²) in [5, 5.41) is 5.03. The minimum Gasteiger partial charge on any atom is -0.322 e. The maximum Gasteiger partial charge on any atom is 0.256 e. The smallest absolute Gasteiger partial charge is 0.256 e. The van der Waals surface area contributed by atoms with E-state index in [1.54, 1.807) is 0 Å². The predicted octanol–water partition coefficient (Wildman–Crippen LogP) is 4.40. The normalized spacial score (nSPS) is 10.4. The highest BCUT2D eigenvalue weighted by Crippen LogP contribution is 2.21. The van der Waals surface area contributed by atoms with Gasteiger partial charge >= 0.3 is 0 Å². The zero-order valence-electron chi connectivity index (χ0n) is 11.3.